The highest BCUT2D eigenvalue weighted by Gasteiger charge is 2.48. The maximum Gasteiger partial charge on any atom is 0.338 e. The predicted octanol–water partition coefficient (Wildman–Crippen LogP) is 4.16. The standard InChI is InChI=1S/C28H30O6/c1-31-24-17-23(34-28(30)22-15-9-4-10-16-22)25(29)27(33-19-21-13-7-3-8-14-21)26(24)32-18-20-11-5-2-6-12-20/h2-16,23-27,29H,17-19H2,1H3/t23-,24-,25+,26-,27-/m0/s1. The van der Waals surface area contributed by atoms with Crippen LogP contribution in [0.4, 0.5) is 0 Å². The van der Waals surface area contributed by atoms with Crippen LogP contribution in [0.25, 0.3) is 0 Å². The number of esters is 1. The molecule has 0 unspecified atom stereocenters. The van der Waals surface area contributed by atoms with Crippen molar-refractivity contribution in [1.82, 2.24) is 0 Å². The summed E-state index contributed by atoms with van der Waals surface area (Å²) in [6.45, 7) is 0.626. The Morgan fingerprint density at radius 2 is 1.26 bits per heavy atom. The molecule has 0 aromatic heterocycles. The maximum atomic E-state index is 12.7. The number of rotatable bonds is 9. The Bertz CT molecular complexity index is 1010. The van der Waals surface area contributed by atoms with Crippen LogP contribution in [-0.4, -0.2) is 48.7 Å². The molecule has 6 heteroatoms. The van der Waals surface area contributed by atoms with Crippen molar-refractivity contribution in [3.63, 3.8) is 0 Å². The molecular weight excluding hydrogens is 432 g/mol. The summed E-state index contributed by atoms with van der Waals surface area (Å²) in [6, 6.07) is 28.2. The van der Waals surface area contributed by atoms with Crippen molar-refractivity contribution < 1.29 is 28.8 Å². The number of hydrogen-bond donors (Lipinski definition) is 1. The van der Waals surface area contributed by atoms with Crippen molar-refractivity contribution in [3.05, 3.63) is 108 Å². The smallest absolute Gasteiger partial charge is 0.338 e. The molecular formula is C28H30O6. The van der Waals surface area contributed by atoms with Crippen LogP contribution in [0.15, 0.2) is 91.0 Å². The van der Waals surface area contributed by atoms with Gasteiger partial charge in [-0.2, -0.15) is 0 Å². The number of aliphatic hydroxyl groups is 1. The summed E-state index contributed by atoms with van der Waals surface area (Å²) in [5.74, 6) is -0.495. The first-order valence-electron chi connectivity index (χ1n) is 11.4. The molecule has 1 N–H and O–H groups in total. The van der Waals surface area contributed by atoms with E-state index in [4.69, 9.17) is 18.9 Å². The third kappa shape index (κ3) is 6.10. The lowest BCUT2D eigenvalue weighted by molar-refractivity contribution is -0.221. The third-order valence-corrected chi connectivity index (χ3v) is 6.01. The summed E-state index contributed by atoms with van der Waals surface area (Å²) < 4.78 is 23.9. The van der Waals surface area contributed by atoms with Crippen LogP contribution in [-0.2, 0) is 32.2 Å². The molecule has 0 saturated heterocycles. The quantitative estimate of drug-likeness (QED) is 0.482. The van der Waals surface area contributed by atoms with E-state index in [0.717, 1.165) is 11.1 Å². The van der Waals surface area contributed by atoms with E-state index in [-0.39, 0.29) is 6.61 Å². The fourth-order valence-corrected chi connectivity index (χ4v) is 4.18. The second-order valence-corrected chi connectivity index (χ2v) is 8.33. The van der Waals surface area contributed by atoms with E-state index < -0.39 is 36.5 Å². The van der Waals surface area contributed by atoms with E-state index in [2.05, 4.69) is 0 Å². The van der Waals surface area contributed by atoms with Gasteiger partial charge >= 0.3 is 5.97 Å². The van der Waals surface area contributed by atoms with Crippen LogP contribution in [0.1, 0.15) is 27.9 Å². The number of benzene rings is 3. The van der Waals surface area contributed by atoms with Gasteiger partial charge in [-0.1, -0.05) is 78.9 Å². The van der Waals surface area contributed by atoms with Gasteiger partial charge in [-0.15, -0.1) is 0 Å². The number of carbonyl (C=O) groups is 1. The van der Waals surface area contributed by atoms with Crippen LogP contribution < -0.4 is 0 Å². The van der Waals surface area contributed by atoms with Gasteiger partial charge in [0.15, 0.2) is 0 Å². The SMILES string of the molecule is CO[C@H]1C[C@H](OC(=O)c2ccccc2)[C@@H](O)[C@H](OCc2ccccc2)[C@H]1OCc1ccccc1. The van der Waals surface area contributed by atoms with Gasteiger partial charge in [0.1, 0.15) is 24.4 Å². The average Bonchev–Trinajstić information content (AvgIpc) is 2.89. The molecule has 0 radical (unpaired) electrons. The van der Waals surface area contributed by atoms with Gasteiger partial charge < -0.3 is 24.1 Å². The summed E-state index contributed by atoms with van der Waals surface area (Å²) in [7, 11) is 1.59. The van der Waals surface area contributed by atoms with Crippen molar-refractivity contribution in [1.29, 1.82) is 0 Å². The largest absolute Gasteiger partial charge is 0.456 e. The molecule has 0 amide bonds. The normalized spacial score (nSPS) is 24.5. The molecule has 4 rings (SSSR count). The minimum Gasteiger partial charge on any atom is -0.456 e. The first-order chi connectivity index (χ1) is 16.7. The molecule has 0 heterocycles. The Hall–Kier alpha value is -3.03. The molecule has 0 bridgehead atoms. The fraction of sp³-hybridized carbons (Fsp3) is 0.321. The lowest BCUT2D eigenvalue weighted by Gasteiger charge is -2.43. The first-order valence-corrected chi connectivity index (χ1v) is 11.4. The molecule has 6 nitrogen and oxygen atoms in total. The van der Waals surface area contributed by atoms with E-state index in [1.807, 2.05) is 66.7 Å². The van der Waals surface area contributed by atoms with E-state index in [1.54, 1.807) is 31.4 Å². The van der Waals surface area contributed by atoms with Gasteiger partial charge in [-0.3, -0.25) is 0 Å². The van der Waals surface area contributed by atoms with Gasteiger partial charge in [0, 0.05) is 13.5 Å². The topological polar surface area (TPSA) is 74.2 Å². The summed E-state index contributed by atoms with van der Waals surface area (Å²) >= 11 is 0. The zero-order valence-corrected chi connectivity index (χ0v) is 19.2. The molecule has 1 aliphatic rings. The Morgan fingerprint density at radius 1 is 0.765 bits per heavy atom. The second kappa shape index (κ2) is 11.9. The molecule has 0 aliphatic heterocycles. The minimum atomic E-state index is -1.08. The highest BCUT2D eigenvalue weighted by Crippen LogP contribution is 2.31. The molecule has 5 atom stereocenters. The van der Waals surface area contributed by atoms with Gasteiger partial charge in [-0.05, 0) is 23.3 Å². The summed E-state index contributed by atoms with van der Waals surface area (Å²) in [6.07, 6.45) is -3.31. The average molecular weight is 463 g/mol. The minimum absolute atomic E-state index is 0.281. The third-order valence-electron chi connectivity index (χ3n) is 6.01. The van der Waals surface area contributed by atoms with Crippen molar-refractivity contribution in [2.24, 2.45) is 0 Å². The van der Waals surface area contributed by atoms with Crippen LogP contribution >= 0.6 is 0 Å². The zero-order valence-electron chi connectivity index (χ0n) is 19.2. The highest BCUT2D eigenvalue weighted by molar-refractivity contribution is 5.89. The van der Waals surface area contributed by atoms with Crippen molar-refractivity contribution in [3.8, 4) is 0 Å². The number of ether oxygens (including phenoxy) is 4. The molecule has 1 aliphatic carbocycles. The van der Waals surface area contributed by atoms with Crippen molar-refractivity contribution in [2.45, 2.75) is 50.2 Å². The Morgan fingerprint density at radius 3 is 1.79 bits per heavy atom. The summed E-state index contributed by atoms with van der Waals surface area (Å²) in [5.41, 5.74) is 2.40. The van der Waals surface area contributed by atoms with Crippen LogP contribution in [0.3, 0.4) is 0 Å². The number of hydrogen-bond acceptors (Lipinski definition) is 6. The van der Waals surface area contributed by atoms with Gasteiger partial charge in [0.25, 0.3) is 0 Å². The summed E-state index contributed by atoms with van der Waals surface area (Å²) in [4.78, 5) is 12.7. The van der Waals surface area contributed by atoms with E-state index in [1.165, 1.54) is 0 Å². The molecule has 1 saturated carbocycles. The van der Waals surface area contributed by atoms with Crippen LogP contribution in [0, 0.1) is 0 Å². The van der Waals surface area contributed by atoms with Gasteiger partial charge in [0.05, 0.1) is 24.9 Å². The summed E-state index contributed by atoms with van der Waals surface area (Å²) in [5, 5.41) is 11.2. The Balaban J connectivity index is 1.52. The Kier molecular flexibility index (Phi) is 8.44. The predicted molar refractivity (Wildman–Crippen MR) is 127 cm³/mol. The zero-order chi connectivity index (χ0) is 23.8. The molecule has 0 spiro atoms. The number of aliphatic hydroxyl groups excluding tert-OH is 1. The monoisotopic (exact) mass is 462 g/mol. The maximum absolute atomic E-state index is 12.7. The van der Waals surface area contributed by atoms with Gasteiger partial charge in [0.2, 0.25) is 0 Å². The number of carbonyl (C=O) groups excluding carboxylic acids is 1. The first kappa shape index (κ1) is 24.1. The van der Waals surface area contributed by atoms with E-state index in [9.17, 15) is 9.90 Å². The molecule has 34 heavy (non-hydrogen) atoms. The second-order valence-electron chi connectivity index (χ2n) is 8.33. The van der Waals surface area contributed by atoms with Crippen LogP contribution in [0.2, 0.25) is 0 Å². The molecule has 178 valence electrons. The lowest BCUT2D eigenvalue weighted by atomic mass is 9.86. The fourth-order valence-electron chi connectivity index (χ4n) is 4.18. The Labute approximate surface area is 200 Å². The lowest BCUT2D eigenvalue weighted by Crippen LogP contribution is -2.59. The number of methoxy groups -OCH3 is 1. The van der Waals surface area contributed by atoms with Crippen LogP contribution in [0.5, 0.6) is 0 Å². The molecule has 3 aromatic carbocycles. The van der Waals surface area contributed by atoms with Crippen molar-refractivity contribution in [2.75, 3.05) is 7.11 Å². The van der Waals surface area contributed by atoms with E-state index >= 15 is 0 Å². The highest BCUT2D eigenvalue weighted by atomic mass is 16.6. The van der Waals surface area contributed by atoms with E-state index in [0.29, 0.717) is 18.6 Å². The molecule has 3 aromatic rings. The van der Waals surface area contributed by atoms with Crippen molar-refractivity contribution >= 4 is 5.97 Å². The molecule has 1 fully saturated rings. The van der Waals surface area contributed by atoms with Gasteiger partial charge in [-0.25, -0.2) is 4.79 Å².